The van der Waals surface area contributed by atoms with Crippen LogP contribution >= 0.6 is 0 Å². The van der Waals surface area contributed by atoms with Crippen LogP contribution in [0.3, 0.4) is 0 Å². The van der Waals surface area contributed by atoms with Crippen LogP contribution in [0.5, 0.6) is 5.75 Å². The second-order valence-electron chi connectivity index (χ2n) is 7.67. The largest absolute Gasteiger partial charge is 0.497 e. The molecule has 1 amide bonds. The topological polar surface area (TPSA) is 79.0 Å². The Morgan fingerprint density at radius 2 is 1.70 bits per heavy atom. The molecule has 30 heavy (non-hydrogen) atoms. The first kappa shape index (κ1) is 22.1. The molecule has 0 radical (unpaired) electrons. The zero-order valence-electron chi connectivity index (χ0n) is 17.7. The van der Waals surface area contributed by atoms with Crippen LogP contribution in [0.2, 0.25) is 0 Å². The van der Waals surface area contributed by atoms with Crippen molar-refractivity contribution in [3.63, 3.8) is 0 Å². The van der Waals surface area contributed by atoms with Gasteiger partial charge in [0.2, 0.25) is 5.91 Å². The molecule has 2 aromatic carbocycles. The van der Waals surface area contributed by atoms with Crippen molar-refractivity contribution in [1.29, 1.82) is 0 Å². The maximum atomic E-state index is 13.4. The molecule has 1 heterocycles. The van der Waals surface area contributed by atoms with Gasteiger partial charge >= 0.3 is 0 Å². The molecule has 162 valence electrons. The number of amides is 1. The Morgan fingerprint density at radius 3 is 2.27 bits per heavy atom. The quantitative estimate of drug-likeness (QED) is 0.728. The van der Waals surface area contributed by atoms with Crippen molar-refractivity contribution in [3.05, 3.63) is 54.1 Å². The van der Waals surface area contributed by atoms with Crippen LogP contribution in [0.15, 0.2) is 53.4 Å². The third kappa shape index (κ3) is 5.31. The fourth-order valence-electron chi connectivity index (χ4n) is 3.46. The van der Waals surface area contributed by atoms with Gasteiger partial charge in [0.05, 0.1) is 17.7 Å². The number of sulfonamides is 1. The van der Waals surface area contributed by atoms with Crippen molar-refractivity contribution >= 4 is 21.6 Å². The molecule has 7 nitrogen and oxygen atoms in total. The number of methoxy groups -OCH3 is 1. The molecular formula is C22H29N3O4S. The Morgan fingerprint density at radius 1 is 1.10 bits per heavy atom. The van der Waals surface area contributed by atoms with Crippen LogP contribution in [0, 0.1) is 6.92 Å². The summed E-state index contributed by atoms with van der Waals surface area (Å²) in [6, 6.07) is 13.4. The fourth-order valence-corrected chi connectivity index (χ4v) is 4.88. The summed E-state index contributed by atoms with van der Waals surface area (Å²) >= 11 is 0. The number of nitrogens with zero attached hydrogens (tertiary/aromatic N) is 2. The molecule has 8 heteroatoms. The van der Waals surface area contributed by atoms with Crippen molar-refractivity contribution in [1.82, 2.24) is 10.2 Å². The van der Waals surface area contributed by atoms with E-state index in [1.807, 2.05) is 19.1 Å². The van der Waals surface area contributed by atoms with Gasteiger partial charge in [0.15, 0.2) is 0 Å². The Kier molecular flexibility index (Phi) is 6.99. The molecule has 0 spiro atoms. The van der Waals surface area contributed by atoms with Crippen molar-refractivity contribution in [2.24, 2.45) is 0 Å². The first-order chi connectivity index (χ1) is 14.3. The Balaban J connectivity index is 1.84. The standard InChI is InChI=1S/C22H29N3O4S/c1-17-4-6-19(7-5-17)25(16-22(26)23-18-12-14-24(2)15-13-18)30(27,28)21-10-8-20(29-3)9-11-21/h4-11,18H,12-16H2,1-3H3,(H,23,26). The van der Waals surface area contributed by atoms with Crippen LogP contribution in [0.1, 0.15) is 18.4 Å². The summed E-state index contributed by atoms with van der Waals surface area (Å²) in [7, 11) is -0.350. The maximum absolute atomic E-state index is 13.4. The summed E-state index contributed by atoms with van der Waals surface area (Å²) in [5.74, 6) is 0.262. The third-order valence-electron chi connectivity index (χ3n) is 5.34. The van der Waals surface area contributed by atoms with E-state index in [1.165, 1.54) is 23.5 Å². The molecular weight excluding hydrogens is 402 g/mol. The van der Waals surface area contributed by atoms with Gasteiger partial charge in [-0.25, -0.2) is 8.42 Å². The fraction of sp³-hybridized carbons (Fsp3) is 0.409. The van der Waals surface area contributed by atoms with E-state index in [9.17, 15) is 13.2 Å². The first-order valence-electron chi connectivity index (χ1n) is 10.0. The summed E-state index contributed by atoms with van der Waals surface area (Å²) in [4.78, 5) is 15.1. The lowest BCUT2D eigenvalue weighted by atomic mass is 10.1. The van der Waals surface area contributed by atoms with E-state index in [-0.39, 0.29) is 23.4 Å². The lowest BCUT2D eigenvalue weighted by molar-refractivity contribution is -0.120. The number of ether oxygens (including phenoxy) is 1. The molecule has 2 aromatic rings. The highest BCUT2D eigenvalue weighted by molar-refractivity contribution is 7.92. The number of anilines is 1. The van der Waals surface area contributed by atoms with Gasteiger partial charge in [-0.1, -0.05) is 17.7 Å². The average molecular weight is 432 g/mol. The molecule has 0 atom stereocenters. The highest BCUT2D eigenvalue weighted by atomic mass is 32.2. The number of likely N-dealkylation sites (tertiary alicyclic amines) is 1. The highest BCUT2D eigenvalue weighted by Crippen LogP contribution is 2.25. The van der Waals surface area contributed by atoms with Gasteiger partial charge in [0.1, 0.15) is 12.3 Å². The van der Waals surface area contributed by atoms with Gasteiger partial charge in [-0.05, 0) is 76.3 Å². The van der Waals surface area contributed by atoms with Gasteiger partial charge < -0.3 is 15.0 Å². The van der Waals surface area contributed by atoms with E-state index in [0.29, 0.717) is 11.4 Å². The smallest absolute Gasteiger partial charge is 0.264 e. The molecule has 1 N–H and O–H groups in total. The molecule has 1 fully saturated rings. The van der Waals surface area contributed by atoms with Crippen molar-refractivity contribution < 1.29 is 17.9 Å². The van der Waals surface area contributed by atoms with Crippen LogP contribution < -0.4 is 14.4 Å². The molecule has 0 saturated carbocycles. The monoisotopic (exact) mass is 431 g/mol. The summed E-state index contributed by atoms with van der Waals surface area (Å²) in [6.07, 6.45) is 1.72. The van der Waals surface area contributed by atoms with Gasteiger partial charge in [-0.15, -0.1) is 0 Å². The molecule has 0 unspecified atom stereocenters. The zero-order chi connectivity index (χ0) is 21.7. The lowest BCUT2D eigenvalue weighted by Gasteiger charge is -2.30. The van der Waals surface area contributed by atoms with E-state index in [1.54, 1.807) is 24.3 Å². The molecule has 1 saturated heterocycles. The number of nitrogens with one attached hydrogen (secondary N) is 1. The van der Waals surface area contributed by atoms with Gasteiger partial charge in [0.25, 0.3) is 10.0 Å². The zero-order valence-corrected chi connectivity index (χ0v) is 18.5. The molecule has 1 aliphatic heterocycles. The number of rotatable bonds is 7. The third-order valence-corrected chi connectivity index (χ3v) is 7.13. The summed E-state index contributed by atoms with van der Waals surface area (Å²) in [5.41, 5.74) is 1.46. The lowest BCUT2D eigenvalue weighted by Crippen LogP contribution is -2.47. The molecule has 3 rings (SSSR count). The van der Waals surface area contributed by atoms with E-state index >= 15 is 0 Å². The molecule has 0 aliphatic carbocycles. The Bertz CT molecular complexity index is 951. The SMILES string of the molecule is COc1ccc(S(=O)(=O)N(CC(=O)NC2CCN(C)CC2)c2ccc(C)cc2)cc1. The number of carbonyl (C=O) groups is 1. The number of aryl methyl sites for hydroxylation is 1. The predicted molar refractivity (Wildman–Crippen MR) is 117 cm³/mol. The van der Waals surface area contributed by atoms with Gasteiger partial charge in [0, 0.05) is 6.04 Å². The molecule has 1 aliphatic rings. The Hall–Kier alpha value is -2.58. The van der Waals surface area contributed by atoms with Crippen LogP contribution in [0.4, 0.5) is 5.69 Å². The second kappa shape index (κ2) is 9.49. The Labute approximate surface area is 178 Å². The van der Waals surface area contributed by atoms with Crippen LogP contribution in [-0.2, 0) is 14.8 Å². The first-order valence-corrected chi connectivity index (χ1v) is 11.4. The summed E-state index contributed by atoms with van der Waals surface area (Å²) in [5, 5.41) is 3.00. The molecule has 0 aromatic heterocycles. The normalized spacial score (nSPS) is 15.6. The van der Waals surface area contributed by atoms with Crippen molar-refractivity contribution in [2.75, 3.05) is 38.1 Å². The predicted octanol–water partition coefficient (Wildman–Crippen LogP) is 2.41. The number of hydrogen-bond donors (Lipinski definition) is 1. The van der Waals surface area contributed by atoms with E-state index in [4.69, 9.17) is 4.74 Å². The minimum absolute atomic E-state index is 0.0669. The summed E-state index contributed by atoms with van der Waals surface area (Å²) in [6.45, 7) is 3.48. The number of carbonyl (C=O) groups excluding carboxylic acids is 1. The number of piperidine rings is 1. The average Bonchev–Trinajstić information content (AvgIpc) is 2.74. The highest BCUT2D eigenvalue weighted by Gasteiger charge is 2.28. The van der Waals surface area contributed by atoms with Crippen LogP contribution in [-0.4, -0.2) is 59.1 Å². The van der Waals surface area contributed by atoms with E-state index < -0.39 is 10.0 Å². The maximum Gasteiger partial charge on any atom is 0.264 e. The van der Waals surface area contributed by atoms with Crippen LogP contribution in [0.25, 0.3) is 0 Å². The van der Waals surface area contributed by atoms with Crippen molar-refractivity contribution in [3.8, 4) is 5.75 Å². The number of hydrogen-bond acceptors (Lipinski definition) is 5. The van der Waals surface area contributed by atoms with Gasteiger partial charge in [-0.2, -0.15) is 0 Å². The number of benzene rings is 2. The van der Waals surface area contributed by atoms with Gasteiger partial charge in [-0.3, -0.25) is 9.10 Å². The van der Waals surface area contributed by atoms with Crippen molar-refractivity contribution in [2.45, 2.75) is 30.7 Å². The second-order valence-corrected chi connectivity index (χ2v) is 9.53. The minimum Gasteiger partial charge on any atom is -0.497 e. The molecule has 0 bridgehead atoms. The van der Waals surface area contributed by atoms with E-state index in [2.05, 4.69) is 17.3 Å². The minimum atomic E-state index is -3.93. The van der Waals surface area contributed by atoms with E-state index in [0.717, 1.165) is 31.5 Å². The summed E-state index contributed by atoms with van der Waals surface area (Å²) < 4.78 is 33.1.